The maximum absolute atomic E-state index is 5.72. The van der Waals surface area contributed by atoms with Crippen molar-refractivity contribution in [1.82, 2.24) is 20.0 Å². The molecule has 2 aromatic rings. The molecule has 0 unspecified atom stereocenters. The average molecular weight is 238 g/mol. The Morgan fingerprint density at radius 2 is 2.31 bits per heavy atom. The van der Waals surface area contributed by atoms with Gasteiger partial charge in [-0.15, -0.1) is 5.10 Å². The highest BCUT2D eigenvalue weighted by atomic mass is 35.5. The summed E-state index contributed by atoms with van der Waals surface area (Å²) in [6.07, 6.45) is 6.42. The van der Waals surface area contributed by atoms with Gasteiger partial charge in [-0.3, -0.25) is 4.68 Å². The number of hydrogen-bond acceptors (Lipinski definition) is 4. The van der Waals surface area contributed by atoms with Gasteiger partial charge in [0.05, 0.1) is 18.1 Å². The minimum Gasteiger partial charge on any atom is -0.383 e. The Hall–Kier alpha value is -1.62. The monoisotopic (exact) mass is 237 g/mol. The number of nitrogens with one attached hydrogen (secondary N) is 1. The summed E-state index contributed by atoms with van der Waals surface area (Å²) in [6, 6.07) is 1.75. The van der Waals surface area contributed by atoms with E-state index in [9.17, 15) is 0 Å². The summed E-state index contributed by atoms with van der Waals surface area (Å²) in [5.74, 6) is 0. The number of halogens is 1. The molecule has 0 fully saturated rings. The molecule has 2 heterocycles. The Kier molecular flexibility index (Phi) is 3.36. The molecular formula is C10H12ClN5. The molecule has 0 atom stereocenters. The normalized spacial score (nSPS) is 10.4. The molecule has 2 aromatic heterocycles. The quantitative estimate of drug-likeness (QED) is 0.876. The van der Waals surface area contributed by atoms with Gasteiger partial charge in [-0.1, -0.05) is 11.6 Å². The van der Waals surface area contributed by atoms with Gasteiger partial charge < -0.3 is 5.32 Å². The largest absolute Gasteiger partial charge is 0.383 e. The molecular weight excluding hydrogens is 226 g/mol. The number of nitrogens with zero attached hydrogens (tertiary/aromatic N) is 4. The van der Waals surface area contributed by atoms with Crippen LogP contribution in [0, 0.1) is 0 Å². The van der Waals surface area contributed by atoms with Crippen LogP contribution in [0.5, 0.6) is 0 Å². The number of aryl methyl sites for hydroxylation is 1. The minimum atomic E-state index is 0.395. The second-order valence-corrected chi connectivity index (χ2v) is 3.85. The van der Waals surface area contributed by atoms with Crippen LogP contribution in [0.15, 0.2) is 24.7 Å². The molecule has 5 nitrogen and oxygen atoms in total. The number of rotatable bonds is 4. The van der Waals surface area contributed by atoms with E-state index in [-0.39, 0.29) is 0 Å². The zero-order chi connectivity index (χ0) is 11.4. The Morgan fingerprint density at radius 3 is 3.00 bits per heavy atom. The summed E-state index contributed by atoms with van der Waals surface area (Å²) >= 11 is 5.72. The van der Waals surface area contributed by atoms with Crippen molar-refractivity contribution in [2.75, 3.05) is 11.9 Å². The Bertz CT molecular complexity index is 468. The van der Waals surface area contributed by atoms with E-state index >= 15 is 0 Å². The van der Waals surface area contributed by atoms with E-state index in [0.29, 0.717) is 5.15 Å². The van der Waals surface area contributed by atoms with Crippen molar-refractivity contribution >= 4 is 17.3 Å². The minimum absolute atomic E-state index is 0.395. The van der Waals surface area contributed by atoms with Crippen molar-refractivity contribution in [3.8, 4) is 0 Å². The first-order chi connectivity index (χ1) is 7.74. The smallest absolute Gasteiger partial charge is 0.153 e. The van der Waals surface area contributed by atoms with E-state index in [1.54, 1.807) is 16.9 Å². The van der Waals surface area contributed by atoms with Crippen molar-refractivity contribution in [2.24, 2.45) is 7.05 Å². The third-order valence-corrected chi connectivity index (χ3v) is 2.31. The van der Waals surface area contributed by atoms with Crippen LogP contribution in [0.3, 0.4) is 0 Å². The van der Waals surface area contributed by atoms with E-state index < -0.39 is 0 Å². The molecule has 16 heavy (non-hydrogen) atoms. The van der Waals surface area contributed by atoms with Gasteiger partial charge in [-0.05, 0) is 12.0 Å². The molecule has 0 bridgehead atoms. The first kappa shape index (κ1) is 10.9. The van der Waals surface area contributed by atoms with Crippen LogP contribution in [-0.2, 0) is 13.5 Å². The summed E-state index contributed by atoms with van der Waals surface area (Å²) < 4.78 is 1.79. The van der Waals surface area contributed by atoms with Gasteiger partial charge >= 0.3 is 0 Å². The Morgan fingerprint density at radius 1 is 1.44 bits per heavy atom. The molecule has 6 heteroatoms. The SMILES string of the molecule is Cn1cc(CCNc2cnnc(Cl)c2)cn1. The molecule has 0 aliphatic heterocycles. The lowest BCUT2D eigenvalue weighted by molar-refractivity contribution is 0.767. The molecule has 0 aliphatic rings. The van der Waals surface area contributed by atoms with Crippen LogP contribution < -0.4 is 5.32 Å². The zero-order valence-corrected chi connectivity index (χ0v) is 9.65. The summed E-state index contributed by atoms with van der Waals surface area (Å²) in [5.41, 5.74) is 2.08. The molecule has 2 rings (SSSR count). The van der Waals surface area contributed by atoms with Crippen molar-refractivity contribution in [3.05, 3.63) is 35.4 Å². The fourth-order valence-corrected chi connectivity index (χ4v) is 1.55. The Balaban J connectivity index is 1.84. The first-order valence-electron chi connectivity index (χ1n) is 4.93. The fraction of sp³-hybridized carbons (Fsp3) is 0.300. The lowest BCUT2D eigenvalue weighted by Gasteiger charge is -2.03. The Labute approximate surface area is 98.5 Å². The molecule has 0 saturated heterocycles. The van der Waals surface area contributed by atoms with Crippen LogP contribution in [0.25, 0.3) is 0 Å². The number of hydrogen-bond donors (Lipinski definition) is 1. The molecule has 0 spiro atoms. The van der Waals surface area contributed by atoms with Crippen molar-refractivity contribution in [3.63, 3.8) is 0 Å². The van der Waals surface area contributed by atoms with E-state index in [1.807, 2.05) is 19.4 Å². The van der Waals surface area contributed by atoms with E-state index in [4.69, 9.17) is 11.6 Å². The highest BCUT2D eigenvalue weighted by molar-refractivity contribution is 6.29. The third kappa shape index (κ3) is 2.93. The second kappa shape index (κ2) is 4.94. The highest BCUT2D eigenvalue weighted by Crippen LogP contribution is 2.10. The molecule has 0 aliphatic carbocycles. The van der Waals surface area contributed by atoms with Crippen LogP contribution >= 0.6 is 11.6 Å². The molecule has 84 valence electrons. The number of aromatic nitrogens is 4. The van der Waals surface area contributed by atoms with Gasteiger partial charge in [-0.2, -0.15) is 10.2 Å². The molecule has 1 N–H and O–H groups in total. The van der Waals surface area contributed by atoms with E-state index in [0.717, 1.165) is 18.7 Å². The van der Waals surface area contributed by atoms with Crippen molar-refractivity contribution in [2.45, 2.75) is 6.42 Å². The zero-order valence-electron chi connectivity index (χ0n) is 8.89. The summed E-state index contributed by atoms with van der Waals surface area (Å²) in [4.78, 5) is 0. The standard InChI is InChI=1S/C10H12ClN5/c1-16-7-8(5-14-16)2-3-12-9-4-10(11)15-13-6-9/h4-7H,2-3H2,1H3,(H,12,15). The van der Waals surface area contributed by atoms with Crippen molar-refractivity contribution < 1.29 is 0 Å². The molecule has 0 radical (unpaired) electrons. The van der Waals surface area contributed by atoms with Gasteiger partial charge in [-0.25, -0.2) is 0 Å². The first-order valence-corrected chi connectivity index (χ1v) is 5.31. The second-order valence-electron chi connectivity index (χ2n) is 3.47. The van der Waals surface area contributed by atoms with Crippen LogP contribution in [0.4, 0.5) is 5.69 Å². The van der Waals surface area contributed by atoms with Gasteiger partial charge in [0.1, 0.15) is 0 Å². The van der Waals surface area contributed by atoms with E-state index in [2.05, 4.69) is 20.6 Å². The predicted octanol–water partition coefficient (Wildman–Crippen LogP) is 1.52. The predicted molar refractivity (Wildman–Crippen MR) is 62.4 cm³/mol. The van der Waals surface area contributed by atoms with E-state index in [1.165, 1.54) is 5.56 Å². The van der Waals surface area contributed by atoms with Crippen LogP contribution in [0.1, 0.15) is 5.56 Å². The van der Waals surface area contributed by atoms with Gasteiger partial charge in [0.15, 0.2) is 5.15 Å². The third-order valence-electron chi connectivity index (χ3n) is 2.13. The van der Waals surface area contributed by atoms with Crippen LogP contribution in [0.2, 0.25) is 5.15 Å². The van der Waals surface area contributed by atoms with Gasteiger partial charge in [0, 0.05) is 25.9 Å². The molecule has 0 saturated carbocycles. The maximum atomic E-state index is 5.72. The lowest BCUT2D eigenvalue weighted by Crippen LogP contribution is -2.05. The topological polar surface area (TPSA) is 55.6 Å². The lowest BCUT2D eigenvalue weighted by atomic mass is 10.2. The molecule has 0 aromatic carbocycles. The van der Waals surface area contributed by atoms with Gasteiger partial charge in [0.2, 0.25) is 0 Å². The summed E-state index contributed by atoms with van der Waals surface area (Å²) in [6.45, 7) is 0.813. The van der Waals surface area contributed by atoms with Crippen LogP contribution in [-0.4, -0.2) is 26.5 Å². The summed E-state index contributed by atoms with van der Waals surface area (Å²) in [7, 11) is 1.91. The van der Waals surface area contributed by atoms with Crippen molar-refractivity contribution in [1.29, 1.82) is 0 Å². The fourth-order valence-electron chi connectivity index (χ4n) is 1.39. The highest BCUT2D eigenvalue weighted by Gasteiger charge is 1.97. The average Bonchev–Trinajstić information content (AvgIpc) is 2.64. The maximum Gasteiger partial charge on any atom is 0.153 e. The van der Waals surface area contributed by atoms with Gasteiger partial charge in [0.25, 0.3) is 0 Å². The molecule has 0 amide bonds. The number of anilines is 1. The summed E-state index contributed by atoms with van der Waals surface area (Å²) in [5, 5.41) is 15.1.